The molecule has 7 heteroatoms. The van der Waals surface area contributed by atoms with Crippen LogP contribution in [0.3, 0.4) is 0 Å². The summed E-state index contributed by atoms with van der Waals surface area (Å²) in [6, 6.07) is 0. The number of hydrogen-bond acceptors (Lipinski definition) is 6. The number of rotatable bonds is 2. The Balaban J connectivity index is 2.50. The zero-order chi connectivity index (χ0) is 27.2. The number of carbonyl (C=O) groups is 3. The number of amides is 1. The standard InChI is InChI=1S/C29H41NO6/c1-16-12-22-21(6)24(31)15-23(28(22)33)30-29(34)17(2)10-9-11-25(35-7)20(5)18(3)14-19(4)27(32)26(13-16)36-8/h9-11,14-16,19-20,25-27,32H,12-13H2,1-8H3,(H,30,34)/b11-9-,17-10+,18-14+/t16-,19+,20+,25+,26+,27-/m1/s1. The van der Waals surface area contributed by atoms with Crippen molar-refractivity contribution in [2.24, 2.45) is 17.8 Å². The summed E-state index contributed by atoms with van der Waals surface area (Å²) in [6.45, 7) is 11.3. The van der Waals surface area contributed by atoms with Crippen molar-refractivity contribution in [1.29, 1.82) is 0 Å². The van der Waals surface area contributed by atoms with Crippen molar-refractivity contribution in [2.45, 2.75) is 72.7 Å². The fourth-order valence-electron chi connectivity index (χ4n) is 4.65. The number of ketones is 2. The lowest BCUT2D eigenvalue weighted by Crippen LogP contribution is -2.35. The lowest BCUT2D eigenvalue weighted by Gasteiger charge is -2.29. The third kappa shape index (κ3) is 7.21. The molecule has 2 rings (SSSR count). The van der Waals surface area contributed by atoms with Crippen molar-refractivity contribution in [3.05, 3.63) is 58.4 Å². The molecule has 2 N–H and O–H groups in total. The lowest BCUT2D eigenvalue weighted by atomic mass is 9.83. The number of Topliss-reactive ketones (excluding diaryl/α,β-unsaturated/α-hetero) is 1. The molecule has 198 valence electrons. The van der Waals surface area contributed by atoms with E-state index in [1.807, 2.05) is 32.9 Å². The largest absolute Gasteiger partial charge is 0.390 e. The second kappa shape index (κ2) is 13.1. The molecule has 0 saturated carbocycles. The van der Waals surface area contributed by atoms with Gasteiger partial charge in [0.05, 0.1) is 24.0 Å². The molecule has 1 heterocycles. The molecule has 1 aliphatic heterocycles. The normalized spacial score (nSPS) is 35.4. The number of fused-ring (bicyclic) bond motifs is 2. The minimum atomic E-state index is -0.752. The van der Waals surface area contributed by atoms with Crippen molar-refractivity contribution in [3.63, 3.8) is 0 Å². The summed E-state index contributed by atoms with van der Waals surface area (Å²) in [6.07, 6.45) is 7.89. The number of ether oxygens (including phenoxy) is 2. The average Bonchev–Trinajstić information content (AvgIpc) is 2.84. The highest BCUT2D eigenvalue weighted by Gasteiger charge is 2.31. The predicted molar refractivity (Wildman–Crippen MR) is 140 cm³/mol. The van der Waals surface area contributed by atoms with Gasteiger partial charge in [-0.3, -0.25) is 14.4 Å². The van der Waals surface area contributed by atoms with Crippen molar-refractivity contribution in [2.75, 3.05) is 14.2 Å². The lowest BCUT2D eigenvalue weighted by molar-refractivity contribution is -0.120. The van der Waals surface area contributed by atoms with Crippen LogP contribution < -0.4 is 5.32 Å². The van der Waals surface area contributed by atoms with Gasteiger partial charge in [-0.05, 0) is 39.5 Å². The van der Waals surface area contributed by atoms with Gasteiger partial charge in [-0.15, -0.1) is 0 Å². The Kier molecular flexibility index (Phi) is 10.8. The van der Waals surface area contributed by atoms with Crippen LogP contribution in [0, 0.1) is 17.8 Å². The Bertz CT molecular complexity index is 1010. The van der Waals surface area contributed by atoms with Crippen LogP contribution in [-0.4, -0.2) is 55.1 Å². The Morgan fingerprint density at radius 3 is 2.31 bits per heavy atom. The maximum absolute atomic E-state index is 13.2. The summed E-state index contributed by atoms with van der Waals surface area (Å²) in [5.74, 6) is -1.30. The SMILES string of the molecule is CO[C@H]1/C=C\C=C(/C)C(=O)NC2=CC(=O)C(C)=C(C[C@@H](C)C[C@H](OC)[C@H](O)[C@@H](C)/C=C(\C)[C@@H]1C)C2=O. The quantitative estimate of drug-likeness (QED) is 0.440. The van der Waals surface area contributed by atoms with E-state index >= 15 is 0 Å². The minimum Gasteiger partial charge on any atom is -0.390 e. The van der Waals surface area contributed by atoms with Crippen molar-refractivity contribution in [3.8, 4) is 0 Å². The number of aliphatic hydroxyl groups excluding tert-OH is 1. The Labute approximate surface area is 215 Å². The van der Waals surface area contributed by atoms with Crippen molar-refractivity contribution in [1.82, 2.24) is 5.32 Å². The van der Waals surface area contributed by atoms with E-state index in [4.69, 9.17) is 9.47 Å². The first-order chi connectivity index (χ1) is 16.9. The van der Waals surface area contributed by atoms with Crippen LogP contribution in [0.2, 0.25) is 0 Å². The summed E-state index contributed by atoms with van der Waals surface area (Å²) in [5.41, 5.74) is 2.21. The van der Waals surface area contributed by atoms with Gasteiger partial charge in [0.15, 0.2) is 5.78 Å². The topological polar surface area (TPSA) is 102 Å². The number of carbonyl (C=O) groups excluding carboxylic acids is 3. The molecule has 7 nitrogen and oxygen atoms in total. The average molecular weight is 500 g/mol. The van der Waals surface area contributed by atoms with E-state index in [0.29, 0.717) is 29.6 Å². The molecule has 1 aliphatic carbocycles. The molecule has 36 heavy (non-hydrogen) atoms. The van der Waals surface area contributed by atoms with E-state index in [-0.39, 0.29) is 41.1 Å². The smallest absolute Gasteiger partial charge is 0.251 e. The molecule has 0 aromatic carbocycles. The Morgan fingerprint density at radius 1 is 1.03 bits per heavy atom. The molecule has 6 atom stereocenters. The highest BCUT2D eigenvalue weighted by Crippen LogP contribution is 2.29. The van der Waals surface area contributed by atoms with E-state index in [0.717, 1.165) is 5.57 Å². The van der Waals surface area contributed by atoms with Gasteiger partial charge in [0.2, 0.25) is 5.78 Å². The second-order valence-corrected chi connectivity index (χ2v) is 10.1. The molecular formula is C29H41NO6. The predicted octanol–water partition coefficient (Wildman–Crippen LogP) is 4.00. The van der Waals surface area contributed by atoms with Crippen LogP contribution in [0.25, 0.3) is 0 Å². The third-order valence-electron chi connectivity index (χ3n) is 7.29. The highest BCUT2D eigenvalue weighted by molar-refractivity contribution is 6.23. The summed E-state index contributed by atoms with van der Waals surface area (Å²) >= 11 is 0. The molecule has 0 unspecified atom stereocenters. The summed E-state index contributed by atoms with van der Waals surface area (Å²) in [4.78, 5) is 38.6. The number of nitrogens with one attached hydrogen (secondary N) is 1. The number of hydrogen-bond donors (Lipinski definition) is 2. The van der Waals surface area contributed by atoms with Crippen LogP contribution in [-0.2, 0) is 23.9 Å². The molecule has 0 aromatic heterocycles. The maximum atomic E-state index is 13.2. The van der Waals surface area contributed by atoms with Gasteiger partial charge < -0.3 is 19.9 Å². The molecule has 1 amide bonds. The first kappa shape index (κ1) is 29.6. The van der Waals surface area contributed by atoms with Crippen LogP contribution in [0.5, 0.6) is 0 Å². The van der Waals surface area contributed by atoms with Gasteiger partial charge in [0, 0.05) is 48.9 Å². The van der Waals surface area contributed by atoms with Crippen LogP contribution >= 0.6 is 0 Å². The monoisotopic (exact) mass is 499 g/mol. The van der Waals surface area contributed by atoms with Crippen LogP contribution in [0.15, 0.2) is 58.4 Å². The molecule has 0 aromatic rings. The molecule has 0 radical (unpaired) electrons. The van der Waals surface area contributed by atoms with Crippen molar-refractivity contribution < 1.29 is 29.0 Å². The third-order valence-corrected chi connectivity index (χ3v) is 7.29. The molecule has 2 aliphatic rings. The van der Waals surface area contributed by atoms with Gasteiger partial charge in [0.1, 0.15) is 0 Å². The first-order valence-electron chi connectivity index (χ1n) is 12.5. The maximum Gasteiger partial charge on any atom is 0.251 e. The van der Waals surface area contributed by atoms with E-state index in [9.17, 15) is 19.5 Å². The zero-order valence-electron chi connectivity index (χ0n) is 22.8. The fourth-order valence-corrected chi connectivity index (χ4v) is 4.65. The summed E-state index contributed by atoms with van der Waals surface area (Å²) < 4.78 is 11.3. The van der Waals surface area contributed by atoms with Crippen LogP contribution in [0.4, 0.5) is 0 Å². The first-order valence-corrected chi connectivity index (χ1v) is 12.5. The number of methoxy groups -OCH3 is 2. The van der Waals surface area contributed by atoms with E-state index in [2.05, 4.69) is 12.2 Å². The summed E-state index contributed by atoms with van der Waals surface area (Å²) in [5, 5.41) is 13.7. The fraction of sp³-hybridized carbons (Fsp3) is 0.552. The Hall–Kier alpha value is -2.61. The Morgan fingerprint density at radius 2 is 1.69 bits per heavy atom. The second-order valence-electron chi connectivity index (χ2n) is 10.1. The molecule has 0 spiro atoms. The van der Waals surface area contributed by atoms with Gasteiger partial charge in [-0.25, -0.2) is 0 Å². The van der Waals surface area contributed by atoms with Gasteiger partial charge in [-0.1, -0.05) is 50.6 Å². The van der Waals surface area contributed by atoms with Gasteiger partial charge in [-0.2, -0.15) is 0 Å². The van der Waals surface area contributed by atoms with E-state index in [1.165, 1.54) is 6.08 Å². The number of aliphatic hydroxyl groups is 1. The highest BCUT2D eigenvalue weighted by atomic mass is 16.5. The van der Waals surface area contributed by atoms with E-state index < -0.39 is 18.1 Å². The van der Waals surface area contributed by atoms with Crippen LogP contribution in [0.1, 0.15) is 54.4 Å². The molecule has 2 bridgehead atoms. The molecule has 0 saturated heterocycles. The molecular weight excluding hydrogens is 458 g/mol. The zero-order valence-corrected chi connectivity index (χ0v) is 22.8. The van der Waals surface area contributed by atoms with Gasteiger partial charge >= 0.3 is 0 Å². The van der Waals surface area contributed by atoms with Crippen molar-refractivity contribution >= 4 is 17.5 Å². The molecule has 0 fully saturated rings. The summed E-state index contributed by atoms with van der Waals surface area (Å²) in [7, 11) is 3.20. The van der Waals surface area contributed by atoms with E-state index in [1.54, 1.807) is 40.2 Å². The van der Waals surface area contributed by atoms with Gasteiger partial charge in [0.25, 0.3) is 5.91 Å². The number of allylic oxidation sites excluding steroid dienone is 5. The minimum absolute atomic E-state index is 0.0207.